The highest BCUT2D eigenvalue weighted by atomic mass is 35.5. The Hall–Kier alpha value is -3.31. The minimum Gasteiger partial charge on any atom is -0.480 e. The molecule has 1 aliphatic heterocycles. The lowest BCUT2D eigenvalue weighted by Crippen LogP contribution is -2.33. The standard InChI is InChI=1S/C24H21ClN2O3/c25-18-10-11-21-17(14-18)15-22(30-21)24(29)27-20-9-5-4-8-19(20)23(28)26-13-12-16-6-2-1-3-7-16/h1-11,14,22H,12-13,15H2,(H,26,28)(H,27,29). The van der Waals surface area contributed by atoms with E-state index in [9.17, 15) is 9.59 Å². The molecule has 0 aliphatic carbocycles. The zero-order valence-electron chi connectivity index (χ0n) is 16.2. The summed E-state index contributed by atoms with van der Waals surface area (Å²) in [4.78, 5) is 25.4. The SMILES string of the molecule is O=C(NCCc1ccccc1)c1ccccc1NC(=O)C1Cc2cc(Cl)ccc2O1. The van der Waals surface area contributed by atoms with Crippen molar-refractivity contribution in [2.24, 2.45) is 0 Å². The molecule has 0 saturated heterocycles. The number of anilines is 1. The molecule has 4 rings (SSSR count). The van der Waals surface area contributed by atoms with E-state index in [1.165, 1.54) is 0 Å². The molecule has 0 fully saturated rings. The summed E-state index contributed by atoms with van der Waals surface area (Å²) >= 11 is 6.02. The highest BCUT2D eigenvalue weighted by Crippen LogP contribution is 2.31. The first-order chi connectivity index (χ1) is 14.6. The third-order valence-corrected chi connectivity index (χ3v) is 5.20. The van der Waals surface area contributed by atoms with Crippen molar-refractivity contribution in [3.05, 3.63) is 94.5 Å². The summed E-state index contributed by atoms with van der Waals surface area (Å²) in [6, 6.07) is 22.2. The second-order valence-electron chi connectivity index (χ2n) is 7.09. The van der Waals surface area contributed by atoms with E-state index in [0.717, 1.165) is 17.5 Å². The fourth-order valence-corrected chi connectivity index (χ4v) is 3.62. The molecule has 0 aromatic heterocycles. The number of fused-ring (bicyclic) bond motifs is 1. The van der Waals surface area contributed by atoms with Crippen molar-refractivity contribution in [3.8, 4) is 5.75 Å². The van der Waals surface area contributed by atoms with Crippen LogP contribution in [0.15, 0.2) is 72.8 Å². The Morgan fingerprint density at radius 2 is 1.77 bits per heavy atom. The van der Waals surface area contributed by atoms with Gasteiger partial charge in [-0.2, -0.15) is 0 Å². The van der Waals surface area contributed by atoms with Gasteiger partial charge in [-0.25, -0.2) is 0 Å². The van der Waals surface area contributed by atoms with Crippen LogP contribution in [-0.4, -0.2) is 24.5 Å². The normalized spacial score (nSPS) is 14.5. The summed E-state index contributed by atoms with van der Waals surface area (Å²) in [6.45, 7) is 0.507. The van der Waals surface area contributed by atoms with Gasteiger partial charge in [0.25, 0.3) is 11.8 Å². The number of hydrogen-bond donors (Lipinski definition) is 2. The van der Waals surface area contributed by atoms with Crippen molar-refractivity contribution in [2.75, 3.05) is 11.9 Å². The summed E-state index contributed by atoms with van der Waals surface area (Å²) in [5.41, 5.74) is 2.92. The van der Waals surface area contributed by atoms with E-state index >= 15 is 0 Å². The summed E-state index contributed by atoms with van der Waals surface area (Å²) in [5.74, 6) is 0.127. The van der Waals surface area contributed by atoms with Crippen LogP contribution in [0.4, 0.5) is 5.69 Å². The number of carbonyl (C=O) groups excluding carboxylic acids is 2. The first-order valence-corrected chi connectivity index (χ1v) is 10.1. The Balaban J connectivity index is 1.38. The Kier molecular flexibility index (Phi) is 6.00. The van der Waals surface area contributed by atoms with E-state index in [2.05, 4.69) is 10.6 Å². The van der Waals surface area contributed by atoms with Crippen molar-refractivity contribution in [1.29, 1.82) is 0 Å². The van der Waals surface area contributed by atoms with E-state index < -0.39 is 6.10 Å². The Labute approximate surface area is 180 Å². The molecule has 0 spiro atoms. The van der Waals surface area contributed by atoms with E-state index in [-0.39, 0.29) is 11.8 Å². The Morgan fingerprint density at radius 3 is 2.60 bits per heavy atom. The van der Waals surface area contributed by atoms with Crippen molar-refractivity contribution >= 4 is 29.1 Å². The molecule has 1 aliphatic rings. The van der Waals surface area contributed by atoms with Gasteiger partial charge in [-0.15, -0.1) is 0 Å². The summed E-state index contributed by atoms with van der Waals surface area (Å²) < 4.78 is 5.74. The van der Waals surface area contributed by atoms with Gasteiger partial charge in [-0.05, 0) is 47.9 Å². The van der Waals surface area contributed by atoms with Crippen LogP contribution in [0.2, 0.25) is 5.02 Å². The second-order valence-corrected chi connectivity index (χ2v) is 7.53. The molecule has 0 radical (unpaired) electrons. The smallest absolute Gasteiger partial charge is 0.265 e. The third-order valence-electron chi connectivity index (χ3n) is 4.96. The summed E-state index contributed by atoms with van der Waals surface area (Å²) in [5, 5.41) is 6.36. The lowest BCUT2D eigenvalue weighted by Gasteiger charge is -2.14. The van der Waals surface area contributed by atoms with Gasteiger partial charge in [0.05, 0.1) is 11.3 Å². The quantitative estimate of drug-likeness (QED) is 0.626. The van der Waals surface area contributed by atoms with Gasteiger partial charge >= 0.3 is 0 Å². The van der Waals surface area contributed by atoms with Crippen molar-refractivity contribution < 1.29 is 14.3 Å². The van der Waals surface area contributed by atoms with Gasteiger partial charge in [0, 0.05) is 18.0 Å². The van der Waals surface area contributed by atoms with Crippen LogP contribution in [0, 0.1) is 0 Å². The molecule has 3 aromatic carbocycles. The molecule has 0 bridgehead atoms. The predicted molar refractivity (Wildman–Crippen MR) is 117 cm³/mol. The maximum absolute atomic E-state index is 12.7. The molecular formula is C24H21ClN2O3. The molecule has 1 atom stereocenters. The average molecular weight is 421 g/mol. The van der Waals surface area contributed by atoms with E-state index in [1.54, 1.807) is 42.5 Å². The minimum absolute atomic E-state index is 0.232. The van der Waals surface area contributed by atoms with Gasteiger partial charge in [-0.3, -0.25) is 9.59 Å². The third kappa shape index (κ3) is 4.63. The number of rotatable bonds is 6. The lowest BCUT2D eigenvalue weighted by atomic mass is 10.1. The van der Waals surface area contributed by atoms with Crippen LogP contribution in [-0.2, 0) is 17.6 Å². The molecule has 0 saturated carbocycles. The first-order valence-electron chi connectivity index (χ1n) is 9.77. The van der Waals surface area contributed by atoms with E-state index in [4.69, 9.17) is 16.3 Å². The Morgan fingerprint density at radius 1 is 1.00 bits per heavy atom. The van der Waals surface area contributed by atoms with Crippen molar-refractivity contribution in [2.45, 2.75) is 18.9 Å². The number of nitrogens with one attached hydrogen (secondary N) is 2. The van der Waals surface area contributed by atoms with Crippen LogP contribution in [0.25, 0.3) is 0 Å². The van der Waals surface area contributed by atoms with Crippen LogP contribution >= 0.6 is 11.6 Å². The van der Waals surface area contributed by atoms with Crippen LogP contribution in [0.3, 0.4) is 0 Å². The molecule has 2 N–H and O–H groups in total. The fourth-order valence-electron chi connectivity index (χ4n) is 3.43. The van der Waals surface area contributed by atoms with E-state index in [1.807, 2.05) is 30.3 Å². The fraction of sp³-hybridized carbons (Fsp3) is 0.167. The van der Waals surface area contributed by atoms with E-state index in [0.29, 0.717) is 35.0 Å². The highest BCUT2D eigenvalue weighted by Gasteiger charge is 2.30. The van der Waals surface area contributed by atoms with Crippen LogP contribution < -0.4 is 15.4 Å². The molecule has 3 aromatic rings. The van der Waals surface area contributed by atoms with Gasteiger partial charge in [-0.1, -0.05) is 54.1 Å². The highest BCUT2D eigenvalue weighted by molar-refractivity contribution is 6.30. The molecule has 5 nitrogen and oxygen atoms in total. The number of carbonyl (C=O) groups is 2. The van der Waals surface area contributed by atoms with Crippen molar-refractivity contribution in [3.63, 3.8) is 0 Å². The monoisotopic (exact) mass is 420 g/mol. The zero-order chi connectivity index (χ0) is 20.9. The first kappa shape index (κ1) is 20.0. The molecule has 1 heterocycles. The number of para-hydroxylation sites is 1. The number of ether oxygens (including phenoxy) is 1. The average Bonchev–Trinajstić information content (AvgIpc) is 3.18. The summed E-state index contributed by atoms with van der Waals surface area (Å²) in [6.07, 6.45) is 0.512. The maximum Gasteiger partial charge on any atom is 0.265 e. The maximum atomic E-state index is 12.7. The number of hydrogen-bond acceptors (Lipinski definition) is 3. The molecule has 1 unspecified atom stereocenters. The summed E-state index contributed by atoms with van der Waals surface area (Å²) in [7, 11) is 0. The Bertz CT molecular complexity index is 1070. The predicted octanol–water partition coefficient (Wildman–Crippen LogP) is 4.25. The second kappa shape index (κ2) is 9.01. The van der Waals surface area contributed by atoms with Crippen LogP contribution in [0.1, 0.15) is 21.5 Å². The van der Waals surface area contributed by atoms with Gasteiger partial charge < -0.3 is 15.4 Å². The molecule has 2 amide bonds. The molecular weight excluding hydrogens is 400 g/mol. The number of amides is 2. The molecule has 30 heavy (non-hydrogen) atoms. The number of benzene rings is 3. The topological polar surface area (TPSA) is 67.4 Å². The largest absolute Gasteiger partial charge is 0.480 e. The molecule has 152 valence electrons. The zero-order valence-corrected chi connectivity index (χ0v) is 17.0. The number of halogens is 1. The van der Waals surface area contributed by atoms with Crippen molar-refractivity contribution in [1.82, 2.24) is 5.32 Å². The van der Waals surface area contributed by atoms with Gasteiger partial charge in [0.2, 0.25) is 0 Å². The van der Waals surface area contributed by atoms with Gasteiger partial charge in [0.1, 0.15) is 5.75 Å². The van der Waals surface area contributed by atoms with Crippen LogP contribution in [0.5, 0.6) is 5.75 Å². The lowest BCUT2D eigenvalue weighted by molar-refractivity contribution is -0.122. The molecule has 6 heteroatoms. The minimum atomic E-state index is -0.660. The van der Waals surface area contributed by atoms with Gasteiger partial charge in [0.15, 0.2) is 6.10 Å².